The molecule has 2 unspecified atom stereocenters. The van der Waals surface area contributed by atoms with Crippen molar-refractivity contribution in [3.8, 4) is 0 Å². The Balaban J connectivity index is 0.00000225. The molecule has 0 aromatic carbocycles. The second-order valence-electron chi connectivity index (χ2n) is 8.73. The van der Waals surface area contributed by atoms with Crippen LogP contribution in [0.4, 0.5) is 0 Å². The maximum atomic E-state index is 12.9. The van der Waals surface area contributed by atoms with Crippen LogP contribution in [0.2, 0.25) is 0 Å². The van der Waals surface area contributed by atoms with Crippen molar-refractivity contribution < 1.29 is 4.79 Å². The van der Waals surface area contributed by atoms with E-state index in [2.05, 4.69) is 11.9 Å². The molecule has 0 heterocycles. The fourth-order valence-corrected chi connectivity index (χ4v) is 5.42. The molecule has 0 aromatic rings. The second-order valence-corrected chi connectivity index (χ2v) is 8.73. The van der Waals surface area contributed by atoms with Crippen LogP contribution in [0.15, 0.2) is 0 Å². The highest BCUT2D eigenvalue weighted by atomic mass is 35.5. The lowest BCUT2D eigenvalue weighted by Crippen LogP contribution is -2.50. The fraction of sp³-hybridized carbons (Fsp3) is 0.950. The molecule has 3 rings (SSSR count). The van der Waals surface area contributed by atoms with Crippen LogP contribution in [0.5, 0.6) is 0 Å². The molecule has 0 saturated heterocycles. The number of halogens is 1. The van der Waals surface area contributed by atoms with Gasteiger partial charge in [-0.2, -0.15) is 0 Å². The number of amides is 1. The predicted octanol–water partition coefficient (Wildman–Crippen LogP) is 3.28. The van der Waals surface area contributed by atoms with E-state index < -0.39 is 0 Å². The van der Waals surface area contributed by atoms with Crippen LogP contribution in [-0.4, -0.2) is 55.0 Å². The maximum Gasteiger partial charge on any atom is 0.225 e. The topological polar surface area (TPSA) is 49.6 Å². The summed E-state index contributed by atoms with van der Waals surface area (Å²) in [4.78, 5) is 17.4. The molecule has 25 heavy (non-hydrogen) atoms. The summed E-state index contributed by atoms with van der Waals surface area (Å²) in [6.45, 7) is 1.87. The van der Waals surface area contributed by atoms with Gasteiger partial charge < -0.3 is 15.5 Å². The van der Waals surface area contributed by atoms with Crippen molar-refractivity contribution >= 4 is 18.3 Å². The van der Waals surface area contributed by atoms with Gasteiger partial charge in [0.25, 0.3) is 0 Å². The number of nitrogens with two attached hydrogens (primary N) is 1. The van der Waals surface area contributed by atoms with Crippen molar-refractivity contribution in [3.63, 3.8) is 0 Å². The van der Waals surface area contributed by atoms with Crippen LogP contribution >= 0.6 is 12.4 Å². The van der Waals surface area contributed by atoms with Crippen LogP contribution in [0.25, 0.3) is 0 Å². The van der Waals surface area contributed by atoms with Crippen molar-refractivity contribution in [2.75, 3.05) is 27.2 Å². The molecule has 2 N–H and O–H groups in total. The number of fused-ring (bicyclic) bond motifs is 2. The normalized spacial score (nSPS) is 33.0. The predicted molar refractivity (Wildman–Crippen MR) is 106 cm³/mol. The largest absolute Gasteiger partial charge is 0.344 e. The molecule has 3 aliphatic rings. The second kappa shape index (κ2) is 9.57. The minimum Gasteiger partial charge on any atom is -0.344 e. The quantitative estimate of drug-likeness (QED) is 0.806. The van der Waals surface area contributed by atoms with Gasteiger partial charge in [0.2, 0.25) is 5.91 Å². The summed E-state index contributed by atoms with van der Waals surface area (Å²) in [5, 5.41) is 0. The van der Waals surface area contributed by atoms with E-state index in [4.69, 9.17) is 5.73 Å². The molecule has 3 fully saturated rings. The Morgan fingerprint density at radius 1 is 0.920 bits per heavy atom. The van der Waals surface area contributed by atoms with Crippen molar-refractivity contribution in [2.45, 2.75) is 76.3 Å². The van der Waals surface area contributed by atoms with E-state index in [1.807, 2.05) is 11.9 Å². The smallest absolute Gasteiger partial charge is 0.225 e. The van der Waals surface area contributed by atoms with Crippen LogP contribution in [0, 0.1) is 17.8 Å². The van der Waals surface area contributed by atoms with Crippen molar-refractivity contribution in [3.05, 3.63) is 0 Å². The summed E-state index contributed by atoms with van der Waals surface area (Å²) in [5.74, 6) is 1.77. The first-order valence-corrected chi connectivity index (χ1v) is 10.3. The molecule has 3 aliphatic carbocycles. The lowest BCUT2D eigenvalue weighted by Gasteiger charge is -2.44. The number of rotatable bonds is 5. The SMILES string of the molecule is CN(CCN(C)C1CCCCC1)C(=O)C1CC2CCCC(C1)C2N.Cl. The molecule has 0 spiro atoms. The van der Waals surface area contributed by atoms with E-state index in [-0.39, 0.29) is 18.3 Å². The lowest BCUT2D eigenvalue weighted by molar-refractivity contribution is -0.137. The molecule has 5 heteroatoms. The molecule has 0 aromatic heterocycles. The Kier molecular flexibility index (Phi) is 8.03. The molecule has 2 atom stereocenters. The Labute approximate surface area is 160 Å². The minimum absolute atomic E-state index is 0. The van der Waals surface area contributed by atoms with Gasteiger partial charge in [-0.1, -0.05) is 25.7 Å². The van der Waals surface area contributed by atoms with Gasteiger partial charge in [-0.25, -0.2) is 0 Å². The lowest BCUT2D eigenvalue weighted by atomic mass is 9.65. The molecule has 0 aliphatic heterocycles. The zero-order chi connectivity index (χ0) is 17.1. The van der Waals surface area contributed by atoms with E-state index in [1.165, 1.54) is 51.4 Å². The first kappa shape index (κ1) is 21.0. The molecule has 146 valence electrons. The average molecular weight is 372 g/mol. The number of likely N-dealkylation sites (N-methyl/N-ethyl adjacent to an activating group) is 2. The molecule has 4 nitrogen and oxygen atoms in total. The van der Waals surface area contributed by atoms with Gasteiger partial charge in [0, 0.05) is 38.1 Å². The fourth-order valence-electron chi connectivity index (χ4n) is 5.42. The van der Waals surface area contributed by atoms with Crippen molar-refractivity contribution in [1.29, 1.82) is 0 Å². The van der Waals surface area contributed by atoms with Crippen molar-refractivity contribution in [1.82, 2.24) is 9.80 Å². The van der Waals surface area contributed by atoms with E-state index >= 15 is 0 Å². The summed E-state index contributed by atoms with van der Waals surface area (Å²) < 4.78 is 0. The molecule has 0 radical (unpaired) electrons. The third kappa shape index (κ3) is 5.11. The summed E-state index contributed by atoms with van der Waals surface area (Å²) in [6, 6.07) is 1.08. The highest BCUT2D eigenvalue weighted by Gasteiger charge is 2.41. The Morgan fingerprint density at radius 2 is 1.52 bits per heavy atom. The van der Waals surface area contributed by atoms with Gasteiger partial charge in [0.1, 0.15) is 0 Å². The first-order valence-electron chi connectivity index (χ1n) is 10.3. The summed E-state index contributed by atoms with van der Waals surface area (Å²) in [6.07, 6.45) is 12.6. The zero-order valence-electron chi connectivity index (χ0n) is 16.2. The number of carbonyl (C=O) groups excluding carboxylic acids is 1. The average Bonchev–Trinajstić information content (AvgIpc) is 2.59. The highest BCUT2D eigenvalue weighted by Crippen LogP contribution is 2.42. The Bertz CT molecular complexity index is 413. The maximum absolute atomic E-state index is 12.9. The van der Waals surface area contributed by atoms with Crippen LogP contribution in [0.3, 0.4) is 0 Å². The number of hydrogen-bond acceptors (Lipinski definition) is 3. The van der Waals surface area contributed by atoms with E-state index in [9.17, 15) is 4.79 Å². The van der Waals surface area contributed by atoms with Gasteiger partial charge in [-0.3, -0.25) is 4.79 Å². The third-order valence-electron chi connectivity index (χ3n) is 7.12. The molecular formula is C20H38ClN3O. The zero-order valence-corrected chi connectivity index (χ0v) is 17.0. The van der Waals surface area contributed by atoms with E-state index in [0.29, 0.717) is 23.8 Å². The Morgan fingerprint density at radius 3 is 2.12 bits per heavy atom. The molecule has 3 saturated carbocycles. The first-order chi connectivity index (χ1) is 11.6. The number of hydrogen-bond donors (Lipinski definition) is 1. The van der Waals surface area contributed by atoms with E-state index in [0.717, 1.165) is 32.0 Å². The van der Waals surface area contributed by atoms with Gasteiger partial charge in [0.15, 0.2) is 0 Å². The summed E-state index contributed by atoms with van der Waals surface area (Å²) in [7, 11) is 4.24. The number of carbonyl (C=O) groups is 1. The van der Waals surface area contributed by atoms with E-state index in [1.54, 1.807) is 0 Å². The van der Waals surface area contributed by atoms with Gasteiger partial charge >= 0.3 is 0 Å². The molecule has 1 amide bonds. The van der Waals surface area contributed by atoms with Crippen molar-refractivity contribution in [2.24, 2.45) is 23.5 Å². The summed E-state index contributed by atoms with van der Waals surface area (Å²) >= 11 is 0. The van der Waals surface area contributed by atoms with Gasteiger partial charge in [0.05, 0.1) is 0 Å². The molecule has 2 bridgehead atoms. The summed E-state index contributed by atoms with van der Waals surface area (Å²) in [5.41, 5.74) is 6.37. The van der Waals surface area contributed by atoms with Crippen LogP contribution in [0.1, 0.15) is 64.2 Å². The van der Waals surface area contributed by atoms with Crippen LogP contribution in [-0.2, 0) is 4.79 Å². The number of nitrogens with zero attached hydrogens (tertiary/aromatic N) is 2. The van der Waals surface area contributed by atoms with Crippen LogP contribution < -0.4 is 5.73 Å². The Hall–Kier alpha value is -0.320. The van der Waals surface area contributed by atoms with Gasteiger partial charge in [-0.15, -0.1) is 12.4 Å². The standard InChI is InChI=1S/C20H37N3O.ClH/c1-22(18-9-4-3-5-10-18)11-12-23(2)20(24)17-13-15-7-6-8-16(14-17)19(15)21;/h15-19H,3-14,21H2,1-2H3;1H. The highest BCUT2D eigenvalue weighted by molar-refractivity contribution is 5.85. The minimum atomic E-state index is 0. The molecular weight excluding hydrogens is 334 g/mol. The third-order valence-corrected chi connectivity index (χ3v) is 7.12. The monoisotopic (exact) mass is 371 g/mol. The van der Waals surface area contributed by atoms with Gasteiger partial charge in [-0.05, 0) is 57.4 Å².